The molecule has 2 heterocycles. The van der Waals surface area contributed by atoms with Crippen LogP contribution in [0.2, 0.25) is 0 Å². The van der Waals surface area contributed by atoms with Gasteiger partial charge in [-0.1, -0.05) is 43.2 Å². The fraction of sp³-hybridized carbons (Fsp3) is 0.300. The van der Waals surface area contributed by atoms with E-state index in [1.807, 2.05) is 30.3 Å². The van der Waals surface area contributed by atoms with Gasteiger partial charge in [0, 0.05) is 12.1 Å². The Morgan fingerprint density at radius 3 is 2.68 bits per heavy atom. The first-order chi connectivity index (χ1) is 13.5. The third-order valence-corrected chi connectivity index (χ3v) is 5.23. The summed E-state index contributed by atoms with van der Waals surface area (Å²) in [4.78, 5) is 39.8. The Bertz CT molecular complexity index is 1090. The van der Waals surface area contributed by atoms with Gasteiger partial charge in [0.15, 0.2) is 5.65 Å². The first-order valence-electron chi connectivity index (χ1n) is 9.25. The van der Waals surface area contributed by atoms with Crippen LogP contribution in [0, 0.1) is 5.92 Å². The molecule has 2 aromatic heterocycles. The molecule has 144 valence electrons. The number of nitrogens with zero attached hydrogens (tertiary/aromatic N) is 2. The molecule has 0 radical (unpaired) electrons. The maximum atomic E-state index is 12.8. The number of fused-ring (bicyclic) bond motifs is 1. The molecule has 4 rings (SSSR count). The molecular weight excluding hydrogens is 360 g/mol. The number of H-pyrrole nitrogens is 1. The van der Waals surface area contributed by atoms with Gasteiger partial charge in [-0.05, 0) is 18.4 Å². The Morgan fingerprint density at radius 1 is 1.18 bits per heavy atom. The number of carboxylic acids is 1. The fourth-order valence-corrected chi connectivity index (χ4v) is 3.77. The molecule has 8 nitrogen and oxygen atoms in total. The number of aromatic nitrogens is 3. The van der Waals surface area contributed by atoms with E-state index >= 15 is 0 Å². The lowest BCUT2D eigenvalue weighted by atomic mass is 9.84. The van der Waals surface area contributed by atoms with E-state index in [1.54, 1.807) is 0 Å². The molecule has 1 aromatic carbocycles. The largest absolute Gasteiger partial charge is 0.481 e. The van der Waals surface area contributed by atoms with Crippen LogP contribution in [0.4, 0.5) is 0 Å². The zero-order chi connectivity index (χ0) is 19.7. The molecule has 1 fully saturated rings. The monoisotopic (exact) mass is 380 g/mol. The lowest BCUT2D eigenvalue weighted by Gasteiger charge is -2.29. The van der Waals surface area contributed by atoms with Gasteiger partial charge < -0.3 is 15.4 Å². The predicted octanol–water partition coefficient (Wildman–Crippen LogP) is 2.06. The van der Waals surface area contributed by atoms with Crippen molar-refractivity contribution in [3.63, 3.8) is 0 Å². The molecule has 0 spiro atoms. The SMILES string of the molecule is O=C(N[C@H]1CCCC[C@H]1C(=O)O)c1cnn2c(=O)cc(-c3ccccc3)[nH]c12. The molecule has 2 atom stereocenters. The molecule has 3 aromatic rings. The third-order valence-electron chi connectivity index (χ3n) is 5.23. The second-order valence-electron chi connectivity index (χ2n) is 7.02. The Kier molecular flexibility index (Phi) is 4.68. The van der Waals surface area contributed by atoms with Crippen LogP contribution in [-0.2, 0) is 4.79 Å². The van der Waals surface area contributed by atoms with Crippen LogP contribution in [0.15, 0.2) is 47.4 Å². The molecule has 0 aliphatic heterocycles. The van der Waals surface area contributed by atoms with Crippen LogP contribution in [0.3, 0.4) is 0 Å². The highest BCUT2D eigenvalue weighted by Crippen LogP contribution is 2.25. The van der Waals surface area contributed by atoms with E-state index in [2.05, 4.69) is 15.4 Å². The maximum absolute atomic E-state index is 12.8. The third kappa shape index (κ3) is 3.28. The van der Waals surface area contributed by atoms with Crippen molar-refractivity contribution in [2.24, 2.45) is 5.92 Å². The Labute approximate surface area is 160 Å². The van der Waals surface area contributed by atoms with Crippen molar-refractivity contribution in [1.29, 1.82) is 0 Å². The number of nitrogens with one attached hydrogen (secondary N) is 2. The summed E-state index contributed by atoms with van der Waals surface area (Å²) in [5.41, 5.74) is 1.53. The van der Waals surface area contributed by atoms with Crippen LogP contribution in [0.1, 0.15) is 36.0 Å². The van der Waals surface area contributed by atoms with Gasteiger partial charge in [0.25, 0.3) is 11.5 Å². The molecule has 8 heteroatoms. The average molecular weight is 380 g/mol. The van der Waals surface area contributed by atoms with Gasteiger partial charge in [-0.2, -0.15) is 9.61 Å². The maximum Gasteiger partial charge on any atom is 0.308 e. The highest BCUT2D eigenvalue weighted by molar-refractivity contribution is 6.00. The number of carbonyl (C=O) groups is 2. The summed E-state index contributed by atoms with van der Waals surface area (Å²) in [5.74, 6) is -1.93. The summed E-state index contributed by atoms with van der Waals surface area (Å²) in [6.45, 7) is 0. The van der Waals surface area contributed by atoms with Crippen molar-refractivity contribution in [1.82, 2.24) is 19.9 Å². The highest BCUT2D eigenvalue weighted by Gasteiger charge is 2.32. The van der Waals surface area contributed by atoms with Crippen LogP contribution < -0.4 is 10.9 Å². The van der Waals surface area contributed by atoms with Gasteiger partial charge in [0.2, 0.25) is 0 Å². The molecule has 3 N–H and O–H groups in total. The number of hydrogen-bond donors (Lipinski definition) is 3. The second-order valence-corrected chi connectivity index (χ2v) is 7.02. The minimum Gasteiger partial charge on any atom is -0.481 e. The number of benzene rings is 1. The van der Waals surface area contributed by atoms with Crippen molar-refractivity contribution in [3.8, 4) is 11.3 Å². The van der Waals surface area contributed by atoms with Gasteiger partial charge in [0.1, 0.15) is 5.56 Å². The average Bonchev–Trinajstić information content (AvgIpc) is 3.13. The van der Waals surface area contributed by atoms with Gasteiger partial charge in [0.05, 0.1) is 17.8 Å². The molecule has 0 unspecified atom stereocenters. The van der Waals surface area contributed by atoms with E-state index in [4.69, 9.17) is 0 Å². The molecule has 0 bridgehead atoms. The summed E-state index contributed by atoms with van der Waals surface area (Å²) in [5, 5.41) is 16.3. The van der Waals surface area contributed by atoms with Crippen molar-refractivity contribution < 1.29 is 14.7 Å². The van der Waals surface area contributed by atoms with Crippen molar-refractivity contribution in [3.05, 3.63) is 58.5 Å². The molecule has 1 aliphatic carbocycles. The Balaban J connectivity index is 1.68. The van der Waals surface area contributed by atoms with Gasteiger partial charge in [-0.25, -0.2) is 0 Å². The second kappa shape index (κ2) is 7.30. The van der Waals surface area contributed by atoms with Crippen LogP contribution in [0.5, 0.6) is 0 Å². The number of rotatable bonds is 4. The standard InChI is InChI=1S/C20H20N4O4/c25-17-10-16(12-6-2-1-3-7-12)22-18-14(11-21-24(17)18)19(26)23-15-9-5-4-8-13(15)20(27)28/h1-3,6-7,10-11,13,15,22H,4-5,8-9H2,(H,23,26)(H,27,28)/t13-,15+/m1/s1. The van der Waals surface area contributed by atoms with E-state index in [0.29, 0.717) is 18.5 Å². The number of carbonyl (C=O) groups excluding carboxylic acids is 1. The van der Waals surface area contributed by atoms with E-state index in [-0.39, 0.29) is 16.8 Å². The normalized spacial score (nSPS) is 19.4. The van der Waals surface area contributed by atoms with Crippen molar-refractivity contribution >= 4 is 17.5 Å². The van der Waals surface area contributed by atoms with Crippen molar-refractivity contribution in [2.75, 3.05) is 0 Å². The molecule has 28 heavy (non-hydrogen) atoms. The molecule has 1 aliphatic rings. The van der Waals surface area contributed by atoms with Gasteiger partial charge in [-0.3, -0.25) is 14.4 Å². The Hall–Kier alpha value is -3.42. The van der Waals surface area contributed by atoms with Crippen LogP contribution >= 0.6 is 0 Å². The summed E-state index contributed by atoms with van der Waals surface area (Å²) >= 11 is 0. The Morgan fingerprint density at radius 2 is 1.93 bits per heavy atom. The summed E-state index contributed by atoms with van der Waals surface area (Å²) in [7, 11) is 0. The number of amides is 1. The first-order valence-corrected chi connectivity index (χ1v) is 9.25. The van der Waals surface area contributed by atoms with E-state index in [0.717, 1.165) is 22.9 Å². The number of aromatic amines is 1. The minimum absolute atomic E-state index is 0.213. The van der Waals surface area contributed by atoms with Gasteiger partial charge >= 0.3 is 5.97 Å². The van der Waals surface area contributed by atoms with Crippen LogP contribution in [-0.4, -0.2) is 37.6 Å². The smallest absolute Gasteiger partial charge is 0.308 e. The van der Waals surface area contributed by atoms with Crippen LogP contribution in [0.25, 0.3) is 16.9 Å². The minimum atomic E-state index is -0.898. The topological polar surface area (TPSA) is 117 Å². The first kappa shape index (κ1) is 18.0. The molecule has 1 saturated carbocycles. The summed E-state index contributed by atoms with van der Waals surface area (Å²) < 4.78 is 1.14. The summed E-state index contributed by atoms with van der Waals surface area (Å²) in [6, 6.07) is 10.3. The number of carboxylic acid groups (broad SMARTS) is 1. The molecule has 0 saturated heterocycles. The zero-order valence-electron chi connectivity index (χ0n) is 15.1. The van der Waals surface area contributed by atoms with Crippen molar-refractivity contribution in [2.45, 2.75) is 31.7 Å². The zero-order valence-corrected chi connectivity index (χ0v) is 15.1. The molecule has 1 amide bonds. The van der Waals surface area contributed by atoms with E-state index in [9.17, 15) is 19.5 Å². The predicted molar refractivity (Wildman–Crippen MR) is 102 cm³/mol. The van der Waals surface area contributed by atoms with Gasteiger partial charge in [-0.15, -0.1) is 0 Å². The number of hydrogen-bond acceptors (Lipinski definition) is 4. The van der Waals surface area contributed by atoms with E-state index < -0.39 is 23.8 Å². The number of aliphatic carboxylic acids is 1. The lowest BCUT2D eigenvalue weighted by Crippen LogP contribution is -2.45. The highest BCUT2D eigenvalue weighted by atomic mass is 16.4. The van der Waals surface area contributed by atoms with E-state index in [1.165, 1.54) is 12.3 Å². The summed E-state index contributed by atoms with van der Waals surface area (Å²) in [6.07, 6.45) is 4.21. The molecular formula is C20H20N4O4. The lowest BCUT2D eigenvalue weighted by molar-refractivity contribution is -0.143. The fourth-order valence-electron chi connectivity index (χ4n) is 3.77. The quantitative estimate of drug-likeness (QED) is 0.641.